The van der Waals surface area contributed by atoms with E-state index in [0.717, 1.165) is 0 Å². The molecule has 0 saturated carbocycles. The molecule has 0 aromatic rings. The summed E-state index contributed by atoms with van der Waals surface area (Å²) in [4.78, 5) is 20.2. The quantitative estimate of drug-likeness (QED) is 0.491. The second-order valence-electron chi connectivity index (χ2n) is 1.75. The number of hydrogen-bond donors (Lipinski definition) is 2. The van der Waals surface area contributed by atoms with Crippen LogP contribution in [-0.2, 0) is 9.59 Å². The van der Waals surface area contributed by atoms with Gasteiger partial charge in [0.25, 0.3) is 0 Å². The molecule has 0 radical (unpaired) electrons. The molecule has 0 saturated heterocycles. The number of alkyl halides is 1. The van der Waals surface area contributed by atoms with Crippen LogP contribution < -0.4 is 0 Å². The summed E-state index contributed by atoms with van der Waals surface area (Å²) >= 11 is 5.23. The molecule has 4 nitrogen and oxygen atoms in total. The minimum atomic E-state index is -1.27. The van der Waals surface area contributed by atoms with Gasteiger partial charge in [-0.25, -0.2) is 9.59 Å². The van der Waals surface area contributed by atoms with Crippen LogP contribution in [0.2, 0.25) is 0 Å². The smallest absolute Gasteiger partial charge is 0.331 e. The molecule has 0 aromatic carbocycles. The van der Waals surface area contributed by atoms with Crippen molar-refractivity contribution in [3.8, 4) is 0 Å². The SMILES string of the molecule is O=C(O)/C=C(\CCCl)C(=O)O. The van der Waals surface area contributed by atoms with Crippen molar-refractivity contribution in [1.82, 2.24) is 0 Å². The Bertz CT molecular complexity index is 197. The highest BCUT2D eigenvalue weighted by atomic mass is 35.5. The molecule has 0 rings (SSSR count). The van der Waals surface area contributed by atoms with Gasteiger partial charge in [0.05, 0.1) is 0 Å². The molecule has 0 aliphatic carbocycles. The Hall–Kier alpha value is -1.03. The number of rotatable bonds is 4. The van der Waals surface area contributed by atoms with Crippen molar-refractivity contribution in [2.24, 2.45) is 0 Å². The van der Waals surface area contributed by atoms with Gasteiger partial charge < -0.3 is 10.2 Å². The first kappa shape index (κ1) is 9.97. The van der Waals surface area contributed by atoms with Crippen LogP contribution in [0.1, 0.15) is 6.42 Å². The third-order valence-electron chi connectivity index (χ3n) is 0.936. The average molecular weight is 179 g/mol. The van der Waals surface area contributed by atoms with E-state index in [1.165, 1.54) is 0 Å². The Morgan fingerprint density at radius 3 is 2.18 bits per heavy atom. The van der Waals surface area contributed by atoms with E-state index in [9.17, 15) is 9.59 Å². The summed E-state index contributed by atoms with van der Waals surface area (Å²) in [6.07, 6.45) is 0.702. The van der Waals surface area contributed by atoms with E-state index in [1.54, 1.807) is 0 Å². The molecular weight excluding hydrogens is 172 g/mol. The summed E-state index contributed by atoms with van der Waals surface area (Å²) in [5.41, 5.74) is -0.187. The van der Waals surface area contributed by atoms with E-state index in [-0.39, 0.29) is 17.9 Å². The molecule has 0 aliphatic rings. The predicted octanol–water partition coefficient (Wildman–Crippen LogP) is 0.711. The fourth-order valence-corrected chi connectivity index (χ4v) is 0.695. The van der Waals surface area contributed by atoms with Gasteiger partial charge >= 0.3 is 11.9 Å². The number of hydrogen-bond acceptors (Lipinski definition) is 2. The Labute approximate surface area is 68.1 Å². The normalized spacial score (nSPS) is 11.2. The lowest BCUT2D eigenvalue weighted by Gasteiger charge is -1.94. The van der Waals surface area contributed by atoms with Crippen LogP contribution in [0.5, 0.6) is 0 Å². The Morgan fingerprint density at radius 2 is 1.91 bits per heavy atom. The minimum absolute atomic E-state index is 0.0587. The number of carboxylic acid groups (broad SMARTS) is 2. The molecule has 11 heavy (non-hydrogen) atoms. The highest BCUT2D eigenvalue weighted by Gasteiger charge is 2.07. The van der Waals surface area contributed by atoms with Crippen LogP contribution in [-0.4, -0.2) is 28.0 Å². The van der Waals surface area contributed by atoms with Crippen molar-refractivity contribution in [2.45, 2.75) is 6.42 Å². The highest BCUT2D eigenvalue weighted by Crippen LogP contribution is 2.02. The maximum Gasteiger partial charge on any atom is 0.331 e. The zero-order valence-electron chi connectivity index (χ0n) is 5.58. The number of carbonyl (C=O) groups is 2. The first-order valence-electron chi connectivity index (χ1n) is 2.80. The molecule has 0 bridgehead atoms. The van der Waals surface area contributed by atoms with Gasteiger partial charge in [-0.1, -0.05) is 0 Å². The van der Waals surface area contributed by atoms with Crippen molar-refractivity contribution in [3.05, 3.63) is 11.6 Å². The summed E-state index contributed by atoms with van der Waals surface area (Å²) in [5, 5.41) is 16.5. The molecule has 0 unspecified atom stereocenters. The fourth-order valence-electron chi connectivity index (χ4n) is 0.492. The van der Waals surface area contributed by atoms with Gasteiger partial charge in [0.1, 0.15) is 0 Å². The van der Waals surface area contributed by atoms with Gasteiger partial charge in [-0.15, -0.1) is 11.6 Å². The Balaban J connectivity index is 4.32. The van der Waals surface area contributed by atoms with Gasteiger partial charge in [0.15, 0.2) is 0 Å². The molecule has 5 heteroatoms. The molecule has 0 aliphatic heterocycles. The van der Waals surface area contributed by atoms with E-state index >= 15 is 0 Å². The minimum Gasteiger partial charge on any atom is -0.478 e. The van der Waals surface area contributed by atoms with E-state index in [0.29, 0.717) is 6.08 Å². The monoisotopic (exact) mass is 178 g/mol. The zero-order valence-corrected chi connectivity index (χ0v) is 6.34. The van der Waals surface area contributed by atoms with Crippen molar-refractivity contribution < 1.29 is 19.8 Å². The summed E-state index contributed by atoms with van der Waals surface area (Å²) in [6.45, 7) is 0. The summed E-state index contributed by atoms with van der Waals surface area (Å²) in [7, 11) is 0. The Morgan fingerprint density at radius 1 is 1.36 bits per heavy atom. The third-order valence-corrected chi connectivity index (χ3v) is 1.13. The van der Waals surface area contributed by atoms with Crippen molar-refractivity contribution in [2.75, 3.05) is 5.88 Å². The summed E-state index contributed by atoms with van der Waals surface area (Å²) in [6, 6.07) is 0. The van der Waals surface area contributed by atoms with E-state index in [2.05, 4.69) is 0 Å². The van der Waals surface area contributed by atoms with Gasteiger partial charge in [0.2, 0.25) is 0 Å². The van der Waals surface area contributed by atoms with Crippen LogP contribution in [0.15, 0.2) is 11.6 Å². The molecule has 0 atom stereocenters. The third kappa shape index (κ3) is 4.38. The van der Waals surface area contributed by atoms with Crippen molar-refractivity contribution in [3.63, 3.8) is 0 Å². The van der Waals surface area contributed by atoms with Gasteiger partial charge in [0, 0.05) is 17.5 Å². The lowest BCUT2D eigenvalue weighted by atomic mass is 10.2. The highest BCUT2D eigenvalue weighted by molar-refractivity contribution is 6.18. The molecule has 2 N–H and O–H groups in total. The largest absolute Gasteiger partial charge is 0.478 e. The molecule has 0 heterocycles. The topological polar surface area (TPSA) is 74.6 Å². The molecular formula is C6H7ClO4. The number of aliphatic carboxylic acids is 2. The first-order valence-corrected chi connectivity index (χ1v) is 3.34. The van der Waals surface area contributed by atoms with Crippen LogP contribution in [0.4, 0.5) is 0 Å². The number of halogens is 1. The molecule has 62 valence electrons. The van der Waals surface area contributed by atoms with E-state index < -0.39 is 11.9 Å². The second kappa shape index (κ2) is 4.73. The van der Waals surface area contributed by atoms with E-state index in [4.69, 9.17) is 21.8 Å². The first-order chi connectivity index (χ1) is 5.07. The van der Waals surface area contributed by atoms with Gasteiger partial charge in [-0.3, -0.25) is 0 Å². The van der Waals surface area contributed by atoms with Crippen LogP contribution in [0.25, 0.3) is 0 Å². The average Bonchev–Trinajstić information content (AvgIpc) is 1.86. The lowest BCUT2D eigenvalue weighted by molar-refractivity contribution is -0.135. The van der Waals surface area contributed by atoms with Crippen molar-refractivity contribution in [1.29, 1.82) is 0 Å². The van der Waals surface area contributed by atoms with Crippen LogP contribution >= 0.6 is 11.6 Å². The Kier molecular flexibility index (Phi) is 4.29. The van der Waals surface area contributed by atoms with Gasteiger partial charge in [-0.2, -0.15) is 0 Å². The zero-order chi connectivity index (χ0) is 8.85. The lowest BCUT2D eigenvalue weighted by Crippen LogP contribution is -2.04. The standard InChI is InChI=1S/C6H7ClO4/c7-2-1-4(6(10)11)3-5(8)9/h3H,1-2H2,(H,8,9)(H,10,11)/b4-3+. The molecule has 0 aromatic heterocycles. The molecule has 0 fully saturated rings. The van der Waals surface area contributed by atoms with Gasteiger partial charge in [-0.05, 0) is 6.42 Å². The maximum atomic E-state index is 10.2. The van der Waals surface area contributed by atoms with E-state index in [1.807, 2.05) is 0 Å². The van der Waals surface area contributed by atoms with Crippen LogP contribution in [0.3, 0.4) is 0 Å². The predicted molar refractivity (Wildman–Crippen MR) is 38.7 cm³/mol. The molecule has 0 amide bonds. The fraction of sp³-hybridized carbons (Fsp3) is 0.333. The maximum absolute atomic E-state index is 10.2. The van der Waals surface area contributed by atoms with Crippen molar-refractivity contribution >= 4 is 23.5 Å². The number of carboxylic acids is 2. The van der Waals surface area contributed by atoms with Crippen LogP contribution in [0, 0.1) is 0 Å². The summed E-state index contributed by atoms with van der Waals surface area (Å²) in [5.74, 6) is -2.41. The molecule has 0 spiro atoms. The second-order valence-corrected chi connectivity index (χ2v) is 2.13. The summed E-state index contributed by atoms with van der Waals surface area (Å²) < 4.78 is 0.